The van der Waals surface area contributed by atoms with Crippen LogP contribution >= 0.6 is 12.6 Å². The maximum absolute atomic E-state index is 14.0. The van der Waals surface area contributed by atoms with E-state index in [4.69, 9.17) is 23.7 Å². The number of esters is 2. The molecular weight excluding hydrogens is 899 g/mol. The normalized spacial score (nSPS) is 17.9. The van der Waals surface area contributed by atoms with E-state index in [9.17, 15) is 42.5 Å². The van der Waals surface area contributed by atoms with Crippen molar-refractivity contribution in [1.29, 1.82) is 0 Å². The van der Waals surface area contributed by atoms with Crippen molar-refractivity contribution < 1.29 is 61.0 Å². The number of amides is 2. The van der Waals surface area contributed by atoms with Gasteiger partial charge in [-0.1, -0.05) is 39.0 Å². The average Bonchev–Trinajstić information content (AvgIpc) is 3.70. The zero-order chi connectivity index (χ0) is 48.2. The molecule has 2 aliphatic rings. The van der Waals surface area contributed by atoms with E-state index >= 15 is 0 Å². The van der Waals surface area contributed by atoms with Gasteiger partial charge in [0.25, 0.3) is 21.8 Å². The Hall–Kier alpha value is -5.77. The zero-order valence-corrected chi connectivity index (χ0v) is 39.3. The predicted octanol–water partition coefficient (Wildman–Crippen LogP) is 5.37. The number of piperidine rings is 1. The minimum atomic E-state index is -4.11. The molecule has 5 rings (SSSR count). The first-order chi connectivity index (χ1) is 31.4. The number of nitro benzene ring substituents is 1. The third kappa shape index (κ3) is 13.6. The maximum atomic E-state index is 14.0. The molecule has 3 aromatic carbocycles. The number of ketones is 1. The zero-order valence-electron chi connectivity index (χ0n) is 37.6. The highest BCUT2D eigenvalue weighted by atomic mass is 32.2. The van der Waals surface area contributed by atoms with Gasteiger partial charge in [0.2, 0.25) is 5.78 Å². The summed E-state index contributed by atoms with van der Waals surface area (Å²) in [7, 11) is -1.04. The van der Waals surface area contributed by atoms with Gasteiger partial charge in [-0.05, 0) is 92.5 Å². The molecule has 66 heavy (non-hydrogen) atoms. The number of nitrogens with zero attached hydrogens (tertiary/aromatic N) is 3. The number of nitrogens with one attached hydrogen (secondary N) is 2. The Labute approximate surface area is 389 Å². The van der Waals surface area contributed by atoms with Gasteiger partial charge >= 0.3 is 18.0 Å². The molecular formula is C45H57N5O14S2. The largest absolute Gasteiger partial charge is 0.493 e. The van der Waals surface area contributed by atoms with Gasteiger partial charge < -0.3 is 33.5 Å². The lowest BCUT2D eigenvalue weighted by Gasteiger charge is -2.36. The lowest BCUT2D eigenvalue weighted by molar-refractivity contribution is -0.384. The summed E-state index contributed by atoms with van der Waals surface area (Å²) in [4.78, 5) is 79.1. The first-order valence-corrected chi connectivity index (χ1v) is 23.5. The number of carbonyl (C=O) groups is 5. The molecule has 4 atom stereocenters. The molecule has 0 spiro atoms. The Balaban J connectivity index is 1.20. The first-order valence-electron chi connectivity index (χ1n) is 21.5. The summed E-state index contributed by atoms with van der Waals surface area (Å²) >= 11 is 4.43. The van der Waals surface area contributed by atoms with Crippen LogP contribution in [0.15, 0.2) is 66.7 Å². The number of aryl methyl sites for hydroxylation is 1. The van der Waals surface area contributed by atoms with Gasteiger partial charge in [0.05, 0.1) is 24.7 Å². The summed E-state index contributed by atoms with van der Waals surface area (Å²) in [6.07, 6.45) is 1.35. The molecule has 0 bridgehead atoms. The molecule has 0 unspecified atom stereocenters. The van der Waals surface area contributed by atoms with E-state index in [1.807, 2.05) is 19.1 Å². The Morgan fingerprint density at radius 1 is 0.955 bits per heavy atom. The number of non-ortho nitro benzene ring substituents is 1. The van der Waals surface area contributed by atoms with Crippen molar-refractivity contribution in [2.24, 2.45) is 5.41 Å². The molecule has 2 aliphatic heterocycles. The van der Waals surface area contributed by atoms with Gasteiger partial charge in [-0.3, -0.25) is 19.7 Å². The van der Waals surface area contributed by atoms with Gasteiger partial charge in [-0.15, -0.1) is 0 Å². The van der Waals surface area contributed by atoms with E-state index in [0.29, 0.717) is 67.8 Å². The molecule has 19 nitrogen and oxygen atoms in total. The Morgan fingerprint density at radius 2 is 1.68 bits per heavy atom. The van der Waals surface area contributed by atoms with E-state index in [1.165, 1.54) is 24.0 Å². The fourth-order valence-corrected chi connectivity index (χ4v) is 8.76. The number of rotatable bonds is 21. The Kier molecular flexibility index (Phi) is 17.9. The van der Waals surface area contributed by atoms with Crippen LogP contribution in [-0.2, 0) is 40.5 Å². The highest BCUT2D eigenvalue weighted by Crippen LogP contribution is 2.33. The highest BCUT2D eigenvalue weighted by Gasteiger charge is 2.41. The van der Waals surface area contributed by atoms with Crippen molar-refractivity contribution in [2.75, 3.05) is 47.0 Å². The third-order valence-corrected chi connectivity index (χ3v) is 13.2. The number of nitro groups is 1. The van der Waals surface area contributed by atoms with E-state index < -0.39 is 68.5 Å². The minimum Gasteiger partial charge on any atom is -0.493 e. The minimum absolute atomic E-state index is 0.0791. The number of methoxy groups -OCH3 is 2. The maximum Gasteiger partial charge on any atom is 0.418 e. The van der Waals surface area contributed by atoms with Crippen LogP contribution in [0, 0.1) is 15.5 Å². The summed E-state index contributed by atoms with van der Waals surface area (Å²) in [5.41, 5.74) is 0.244. The average molecular weight is 956 g/mol. The van der Waals surface area contributed by atoms with Crippen LogP contribution < -0.4 is 23.7 Å². The summed E-state index contributed by atoms with van der Waals surface area (Å²) in [5, 5.41) is 10.6. The summed E-state index contributed by atoms with van der Waals surface area (Å²) in [6.45, 7) is 5.10. The number of hydrogen-bond donors (Lipinski definition) is 3. The number of benzene rings is 3. The van der Waals surface area contributed by atoms with Crippen LogP contribution in [0.4, 0.5) is 10.5 Å². The molecule has 2 fully saturated rings. The van der Waals surface area contributed by atoms with Crippen LogP contribution in [0.1, 0.15) is 86.9 Å². The van der Waals surface area contributed by atoms with Crippen LogP contribution in [0.3, 0.4) is 0 Å². The second-order valence-electron chi connectivity index (χ2n) is 16.6. The predicted molar refractivity (Wildman–Crippen MR) is 244 cm³/mol. The van der Waals surface area contributed by atoms with E-state index in [2.05, 4.69) is 22.1 Å². The number of thiol groups is 1. The lowest BCUT2D eigenvalue weighted by Crippen LogP contribution is -2.53. The third-order valence-electron chi connectivity index (χ3n) is 11.7. The molecule has 2 N–H and O–H groups in total. The van der Waals surface area contributed by atoms with Crippen molar-refractivity contribution in [3.63, 3.8) is 0 Å². The van der Waals surface area contributed by atoms with Crippen molar-refractivity contribution in [3.05, 3.63) is 93.5 Å². The molecule has 21 heteroatoms. The van der Waals surface area contributed by atoms with Crippen molar-refractivity contribution in [3.8, 4) is 17.2 Å². The second kappa shape index (κ2) is 23.1. The Bertz CT molecular complexity index is 2350. The lowest BCUT2D eigenvalue weighted by atomic mass is 9.84. The topological polar surface area (TPSA) is 239 Å². The van der Waals surface area contributed by atoms with Crippen molar-refractivity contribution in [2.45, 2.75) is 89.2 Å². The summed E-state index contributed by atoms with van der Waals surface area (Å²) < 4.78 is 58.7. The molecule has 358 valence electrons. The van der Waals surface area contributed by atoms with E-state index in [1.54, 1.807) is 44.2 Å². The van der Waals surface area contributed by atoms with E-state index in [-0.39, 0.29) is 49.3 Å². The monoisotopic (exact) mass is 955 g/mol. The van der Waals surface area contributed by atoms with Crippen LogP contribution in [0.5, 0.6) is 17.2 Å². The summed E-state index contributed by atoms with van der Waals surface area (Å²) in [5.74, 6) is -1.47. The number of ether oxygens (including phenoxy) is 5. The molecule has 0 radical (unpaired) electrons. The molecule has 0 saturated carbocycles. The summed E-state index contributed by atoms with van der Waals surface area (Å²) in [6, 6.07) is 15.2. The van der Waals surface area contributed by atoms with Crippen molar-refractivity contribution in [1.82, 2.24) is 19.2 Å². The standard InChI is InChI=1S/C45H57N5O14S2/c1-6-45(2,3)40(51)41(52)48-22-8-7-12-36(48)43(54)63-37(19-13-29-14-20-38(60-4)39(24-29)61-5)31-10-9-11-34(25-31)62-23-21-46-66(58,59)47-27-33-26-35(65)28-49(33)44(55)64-42(53)30-15-17-32(18-16-30)50(56)57/h9-11,14-18,20,24-25,33,35-37,46-47,65H,6-8,12-13,19,21-23,26-28H2,1-5H3/t33-,35-,36-,37+/m0/s1. The molecule has 2 heterocycles. The number of likely N-dealkylation sites (tertiary alicyclic amines) is 2. The van der Waals surface area contributed by atoms with Gasteiger partial charge in [0, 0.05) is 55.0 Å². The van der Waals surface area contributed by atoms with Crippen molar-refractivity contribution >= 4 is 58.2 Å². The number of Topliss-reactive ketones (excluding diaryl/α,β-unsaturated/α-hetero) is 1. The molecule has 2 amide bonds. The molecule has 2 saturated heterocycles. The number of carbonyl (C=O) groups excluding carboxylic acids is 5. The second-order valence-corrected chi connectivity index (χ2v) is 18.9. The smallest absolute Gasteiger partial charge is 0.418 e. The molecule has 0 aliphatic carbocycles. The van der Waals surface area contributed by atoms with Gasteiger partial charge in [-0.25, -0.2) is 19.1 Å². The highest BCUT2D eigenvalue weighted by molar-refractivity contribution is 7.87. The molecule has 3 aromatic rings. The van der Waals surface area contributed by atoms with Gasteiger partial charge in [0.1, 0.15) is 24.5 Å². The first kappa shape index (κ1) is 51.2. The quantitative estimate of drug-likeness (QED) is 0.0232. The van der Waals surface area contributed by atoms with Crippen LogP contribution in [0.2, 0.25) is 0 Å². The number of hydrogen-bond acceptors (Lipinski definition) is 15. The van der Waals surface area contributed by atoms with E-state index in [0.717, 1.165) is 29.8 Å². The van der Waals surface area contributed by atoms with Gasteiger partial charge in [0.15, 0.2) is 11.5 Å². The SMILES string of the molecule is CCC(C)(C)C(=O)C(=O)N1CCCC[C@H]1C(=O)O[C@H](CCc1ccc(OC)c(OC)c1)c1cccc(OCCNS(=O)(=O)NC[C@@H]2C[C@H](S)CN2C(=O)OC(=O)c2ccc([N+](=O)[O-])cc2)c1. The van der Waals surface area contributed by atoms with Gasteiger partial charge in [-0.2, -0.15) is 25.8 Å². The Morgan fingerprint density at radius 3 is 2.36 bits per heavy atom. The molecule has 0 aromatic heterocycles. The fraction of sp³-hybridized carbons (Fsp3) is 0.489. The van der Waals surface area contributed by atoms with Crippen LogP contribution in [0.25, 0.3) is 0 Å². The van der Waals surface area contributed by atoms with Crippen LogP contribution in [-0.4, -0.2) is 117 Å². The fourth-order valence-electron chi connectivity index (χ4n) is 7.48.